The van der Waals surface area contributed by atoms with Gasteiger partial charge in [-0.1, -0.05) is 19.8 Å². The van der Waals surface area contributed by atoms with Crippen LogP contribution in [0.1, 0.15) is 58.3 Å². The Labute approximate surface area is 124 Å². The molecule has 0 bridgehead atoms. The lowest BCUT2D eigenvalue weighted by molar-refractivity contribution is -0.0462. The van der Waals surface area contributed by atoms with Gasteiger partial charge in [0.15, 0.2) is 0 Å². The van der Waals surface area contributed by atoms with Gasteiger partial charge < -0.3 is 5.32 Å². The van der Waals surface area contributed by atoms with Crippen LogP contribution >= 0.6 is 0 Å². The van der Waals surface area contributed by atoms with E-state index in [1.54, 1.807) is 51.4 Å². The Morgan fingerprint density at radius 3 is 2.15 bits per heavy atom. The van der Waals surface area contributed by atoms with Gasteiger partial charge in [0, 0.05) is 12.6 Å². The second-order valence-corrected chi connectivity index (χ2v) is 9.11. The van der Waals surface area contributed by atoms with Crippen molar-refractivity contribution in [2.24, 2.45) is 47.3 Å². The normalized spacial score (nSPS) is 58.0. The van der Waals surface area contributed by atoms with Gasteiger partial charge in [-0.25, -0.2) is 0 Å². The second kappa shape index (κ2) is 4.48. The Kier molecular flexibility index (Phi) is 2.80. The quantitative estimate of drug-likeness (QED) is 0.766. The SMILES string of the molecule is CC(C1CC(C2CN2)C1)C1CC(C2CC3CCCC32)C1. The molecule has 1 nitrogen and oxygen atoms in total. The summed E-state index contributed by atoms with van der Waals surface area (Å²) in [6.45, 7) is 3.91. The van der Waals surface area contributed by atoms with Crippen molar-refractivity contribution in [3.05, 3.63) is 0 Å². The van der Waals surface area contributed by atoms with Gasteiger partial charge in [-0.2, -0.15) is 0 Å². The first-order valence-corrected chi connectivity index (χ1v) is 9.53. The first-order valence-electron chi connectivity index (χ1n) is 9.53. The maximum absolute atomic E-state index is 3.51. The van der Waals surface area contributed by atoms with Crippen molar-refractivity contribution in [1.82, 2.24) is 5.32 Å². The first kappa shape index (κ1) is 12.5. The van der Waals surface area contributed by atoms with Gasteiger partial charge in [-0.3, -0.25) is 0 Å². The molecule has 4 aliphatic carbocycles. The Balaban J connectivity index is 1.09. The summed E-state index contributed by atoms with van der Waals surface area (Å²) in [4.78, 5) is 0. The van der Waals surface area contributed by atoms with Gasteiger partial charge >= 0.3 is 0 Å². The van der Waals surface area contributed by atoms with E-state index in [0.717, 1.165) is 35.6 Å². The maximum atomic E-state index is 3.51. The topological polar surface area (TPSA) is 21.9 Å². The van der Waals surface area contributed by atoms with E-state index >= 15 is 0 Å². The fourth-order valence-electron chi connectivity index (χ4n) is 6.53. The summed E-state index contributed by atoms with van der Waals surface area (Å²) >= 11 is 0. The van der Waals surface area contributed by atoms with E-state index in [1.807, 2.05) is 0 Å². The Hall–Kier alpha value is -0.0400. The molecule has 1 saturated heterocycles. The van der Waals surface area contributed by atoms with Crippen LogP contribution < -0.4 is 5.32 Å². The summed E-state index contributed by atoms with van der Waals surface area (Å²) < 4.78 is 0. The molecule has 5 rings (SSSR count). The fourth-order valence-corrected chi connectivity index (χ4v) is 6.53. The van der Waals surface area contributed by atoms with Crippen molar-refractivity contribution < 1.29 is 0 Å². The van der Waals surface area contributed by atoms with Crippen molar-refractivity contribution in [1.29, 1.82) is 0 Å². The smallest absolute Gasteiger partial charge is 0.0221 e. The molecule has 0 amide bonds. The van der Waals surface area contributed by atoms with Crippen LogP contribution in [0.2, 0.25) is 0 Å². The van der Waals surface area contributed by atoms with Crippen LogP contribution in [0.4, 0.5) is 0 Å². The zero-order valence-electron chi connectivity index (χ0n) is 13.1. The molecule has 5 aliphatic rings. The number of rotatable bonds is 4. The molecule has 5 fully saturated rings. The van der Waals surface area contributed by atoms with E-state index in [2.05, 4.69) is 12.2 Å². The van der Waals surface area contributed by atoms with E-state index in [1.165, 1.54) is 24.3 Å². The number of hydrogen-bond acceptors (Lipinski definition) is 1. The summed E-state index contributed by atoms with van der Waals surface area (Å²) in [5.74, 6) is 9.00. The number of nitrogens with one attached hydrogen (secondary N) is 1. The highest BCUT2D eigenvalue weighted by Crippen LogP contribution is 2.60. The molecule has 20 heavy (non-hydrogen) atoms. The summed E-state index contributed by atoms with van der Waals surface area (Å²) in [5, 5.41) is 3.51. The maximum Gasteiger partial charge on any atom is 0.0221 e. The van der Waals surface area contributed by atoms with Gasteiger partial charge in [0.1, 0.15) is 0 Å². The molecule has 0 spiro atoms. The predicted octanol–water partition coefficient (Wildman–Crippen LogP) is 4.08. The molecule has 1 heteroatoms. The zero-order valence-corrected chi connectivity index (χ0v) is 13.1. The van der Waals surface area contributed by atoms with Crippen molar-refractivity contribution in [3.63, 3.8) is 0 Å². The molecule has 0 aromatic carbocycles. The molecule has 0 radical (unpaired) electrons. The van der Waals surface area contributed by atoms with E-state index in [9.17, 15) is 0 Å². The van der Waals surface area contributed by atoms with Crippen molar-refractivity contribution >= 4 is 0 Å². The lowest BCUT2D eigenvalue weighted by Gasteiger charge is -2.54. The van der Waals surface area contributed by atoms with Crippen LogP contribution in [0.15, 0.2) is 0 Å². The largest absolute Gasteiger partial charge is 0.311 e. The third kappa shape index (κ3) is 1.84. The van der Waals surface area contributed by atoms with Gasteiger partial charge in [-0.05, 0) is 85.9 Å². The second-order valence-electron chi connectivity index (χ2n) is 9.11. The van der Waals surface area contributed by atoms with Crippen LogP contribution in [-0.2, 0) is 0 Å². The first-order chi connectivity index (χ1) is 9.79. The molecule has 5 atom stereocenters. The van der Waals surface area contributed by atoms with Gasteiger partial charge in [0.05, 0.1) is 0 Å². The summed E-state index contributed by atoms with van der Waals surface area (Å²) in [5.41, 5.74) is 0. The predicted molar refractivity (Wildman–Crippen MR) is 82.3 cm³/mol. The van der Waals surface area contributed by atoms with Gasteiger partial charge in [0.2, 0.25) is 0 Å². The highest BCUT2D eigenvalue weighted by molar-refractivity contribution is 5.03. The lowest BCUT2D eigenvalue weighted by atomic mass is 9.51. The van der Waals surface area contributed by atoms with Crippen LogP contribution in [0.5, 0.6) is 0 Å². The molecule has 0 aromatic rings. The molecule has 1 N–H and O–H groups in total. The summed E-state index contributed by atoms with van der Waals surface area (Å²) in [6.07, 6.45) is 12.7. The number of hydrogen-bond donors (Lipinski definition) is 1. The summed E-state index contributed by atoms with van der Waals surface area (Å²) in [7, 11) is 0. The average molecular weight is 273 g/mol. The van der Waals surface area contributed by atoms with E-state index in [4.69, 9.17) is 0 Å². The monoisotopic (exact) mass is 273 g/mol. The molecular weight excluding hydrogens is 242 g/mol. The Bertz CT molecular complexity index is 375. The van der Waals surface area contributed by atoms with Crippen LogP contribution in [0, 0.1) is 47.3 Å². The molecule has 1 aliphatic heterocycles. The lowest BCUT2D eigenvalue weighted by Crippen LogP contribution is -2.46. The molecule has 112 valence electrons. The minimum atomic E-state index is 0.932. The third-order valence-corrected chi connectivity index (χ3v) is 8.37. The van der Waals surface area contributed by atoms with Gasteiger partial charge in [0.25, 0.3) is 0 Å². The van der Waals surface area contributed by atoms with E-state index in [0.29, 0.717) is 0 Å². The highest BCUT2D eigenvalue weighted by atomic mass is 15.1. The van der Waals surface area contributed by atoms with E-state index < -0.39 is 0 Å². The average Bonchev–Trinajstić information content (AvgIpc) is 3.04. The summed E-state index contributed by atoms with van der Waals surface area (Å²) in [6, 6.07) is 0.932. The Morgan fingerprint density at radius 2 is 1.50 bits per heavy atom. The molecule has 5 unspecified atom stereocenters. The minimum Gasteiger partial charge on any atom is -0.311 e. The molecule has 1 heterocycles. The molecular formula is C19H31N. The molecule has 4 saturated carbocycles. The van der Waals surface area contributed by atoms with Crippen molar-refractivity contribution in [2.45, 2.75) is 64.3 Å². The van der Waals surface area contributed by atoms with Crippen LogP contribution in [0.25, 0.3) is 0 Å². The van der Waals surface area contributed by atoms with Gasteiger partial charge in [-0.15, -0.1) is 0 Å². The van der Waals surface area contributed by atoms with Crippen LogP contribution in [0.3, 0.4) is 0 Å². The molecule has 0 aromatic heterocycles. The van der Waals surface area contributed by atoms with Crippen molar-refractivity contribution in [3.8, 4) is 0 Å². The van der Waals surface area contributed by atoms with Crippen molar-refractivity contribution in [2.75, 3.05) is 6.54 Å². The Morgan fingerprint density at radius 1 is 0.800 bits per heavy atom. The minimum absolute atomic E-state index is 0.932. The highest BCUT2D eigenvalue weighted by Gasteiger charge is 2.52. The third-order valence-electron chi connectivity index (χ3n) is 8.37. The van der Waals surface area contributed by atoms with E-state index in [-0.39, 0.29) is 0 Å². The van der Waals surface area contributed by atoms with Crippen LogP contribution in [-0.4, -0.2) is 12.6 Å². The standard InChI is InChI=1S/C19H31N/c1-11(14-7-16(8-14)19-10-20-19)13-5-15(6-13)18-9-12-3-2-4-17(12)18/h11-20H,2-10H2,1H3. The zero-order chi connectivity index (χ0) is 13.3. The number of fused-ring (bicyclic) bond motifs is 1. The fraction of sp³-hybridized carbons (Fsp3) is 1.00.